The van der Waals surface area contributed by atoms with Gasteiger partial charge in [0.15, 0.2) is 0 Å². The van der Waals surface area contributed by atoms with E-state index in [1.807, 2.05) is 25.2 Å². The molecule has 90 valence electrons. The number of hydrogen-bond donors (Lipinski definition) is 1. The van der Waals surface area contributed by atoms with Crippen LogP contribution >= 0.6 is 0 Å². The van der Waals surface area contributed by atoms with Crippen molar-refractivity contribution in [2.75, 3.05) is 27.3 Å². The van der Waals surface area contributed by atoms with Crippen LogP contribution in [0.3, 0.4) is 0 Å². The molecule has 0 saturated heterocycles. The number of likely N-dealkylation sites (N-methyl/N-ethyl adjacent to an activating group) is 1. The van der Waals surface area contributed by atoms with Crippen molar-refractivity contribution in [2.45, 2.75) is 19.4 Å². The highest BCUT2D eigenvalue weighted by Crippen LogP contribution is 2.21. The van der Waals surface area contributed by atoms with Gasteiger partial charge < -0.3 is 14.8 Å². The molecule has 0 aliphatic carbocycles. The fraction of sp³-hybridized carbons (Fsp3) is 0.538. The van der Waals surface area contributed by atoms with Crippen LogP contribution in [0.5, 0.6) is 5.75 Å². The summed E-state index contributed by atoms with van der Waals surface area (Å²) in [7, 11) is 3.61. The third-order valence-electron chi connectivity index (χ3n) is 2.38. The van der Waals surface area contributed by atoms with Gasteiger partial charge in [-0.25, -0.2) is 0 Å². The Hall–Kier alpha value is -1.06. The van der Waals surface area contributed by atoms with Gasteiger partial charge in [-0.2, -0.15) is 0 Å². The summed E-state index contributed by atoms with van der Waals surface area (Å²) >= 11 is 0. The Kier molecular flexibility index (Phi) is 5.90. The molecule has 1 atom stereocenters. The van der Waals surface area contributed by atoms with Gasteiger partial charge in [0.25, 0.3) is 0 Å². The summed E-state index contributed by atoms with van der Waals surface area (Å²) in [6.07, 6.45) is 1.13. The molecule has 0 aromatic heterocycles. The first kappa shape index (κ1) is 13.0. The summed E-state index contributed by atoms with van der Waals surface area (Å²) in [5, 5.41) is 3.15. The predicted octanol–water partition coefficient (Wildman–Crippen LogP) is 2.38. The molecular weight excluding hydrogens is 202 g/mol. The average molecular weight is 223 g/mol. The zero-order valence-electron chi connectivity index (χ0n) is 10.3. The van der Waals surface area contributed by atoms with E-state index >= 15 is 0 Å². The first-order chi connectivity index (χ1) is 7.81. The minimum absolute atomic E-state index is 0.0973. The molecule has 0 saturated carbocycles. The fourth-order valence-corrected chi connectivity index (χ4v) is 1.56. The Morgan fingerprint density at radius 3 is 2.81 bits per heavy atom. The lowest BCUT2D eigenvalue weighted by Crippen LogP contribution is -2.20. The van der Waals surface area contributed by atoms with Crippen LogP contribution in [0.25, 0.3) is 0 Å². The van der Waals surface area contributed by atoms with Crippen LogP contribution in [0.4, 0.5) is 0 Å². The molecule has 1 rings (SSSR count). The van der Waals surface area contributed by atoms with Gasteiger partial charge in [-0.1, -0.05) is 19.1 Å². The van der Waals surface area contributed by atoms with Gasteiger partial charge >= 0.3 is 0 Å². The Morgan fingerprint density at radius 1 is 1.38 bits per heavy atom. The molecule has 3 nitrogen and oxygen atoms in total. The summed E-state index contributed by atoms with van der Waals surface area (Å²) in [4.78, 5) is 0. The molecule has 0 amide bonds. The van der Waals surface area contributed by atoms with Crippen LogP contribution in [-0.2, 0) is 4.74 Å². The highest BCUT2D eigenvalue weighted by Gasteiger charge is 2.11. The molecule has 1 aromatic rings. The zero-order chi connectivity index (χ0) is 11.8. The molecule has 16 heavy (non-hydrogen) atoms. The topological polar surface area (TPSA) is 30.5 Å². The third kappa shape index (κ3) is 3.83. The van der Waals surface area contributed by atoms with E-state index in [2.05, 4.69) is 18.3 Å². The second-order valence-corrected chi connectivity index (χ2v) is 3.69. The molecule has 0 spiro atoms. The Labute approximate surface area is 97.8 Å². The minimum atomic E-state index is 0.0973. The van der Waals surface area contributed by atoms with E-state index in [0.29, 0.717) is 0 Å². The van der Waals surface area contributed by atoms with Gasteiger partial charge in [0.1, 0.15) is 5.75 Å². The largest absolute Gasteiger partial charge is 0.497 e. The summed E-state index contributed by atoms with van der Waals surface area (Å²) in [5.41, 5.74) is 1.15. The van der Waals surface area contributed by atoms with Crippen LogP contribution in [0.15, 0.2) is 24.3 Å². The second-order valence-electron chi connectivity index (χ2n) is 3.69. The molecule has 1 aromatic carbocycles. The summed E-state index contributed by atoms with van der Waals surface area (Å²) in [6.45, 7) is 3.71. The van der Waals surface area contributed by atoms with Crippen molar-refractivity contribution < 1.29 is 9.47 Å². The van der Waals surface area contributed by atoms with Gasteiger partial charge in [-0.3, -0.25) is 0 Å². The number of rotatable bonds is 7. The summed E-state index contributed by atoms with van der Waals surface area (Å²) in [5.74, 6) is 0.874. The molecule has 0 radical (unpaired) electrons. The van der Waals surface area contributed by atoms with Crippen LogP contribution in [0.2, 0.25) is 0 Å². The minimum Gasteiger partial charge on any atom is -0.497 e. The maximum atomic E-state index is 5.80. The lowest BCUT2D eigenvalue weighted by Gasteiger charge is -2.18. The number of nitrogens with one attached hydrogen (secondary N) is 1. The van der Waals surface area contributed by atoms with Gasteiger partial charge in [0.05, 0.1) is 13.2 Å². The maximum absolute atomic E-state index is 5.80. The van der Waals surface area contributed by atoms with Gasteiger partial charge in [-0.15, -0.1) is 0 Å². The number of ether oxygens (including phenoxy) is 2. The van der Waals surface area contributed by atoms with Gasteiger partial charge in [0.2, 0.25) is 0 Å². The van der Waals surface area contributed by atoms with Crippen molar-refractivity contribution in [2.24, 2.45) is 0 Å². The highest BCUT2D eigenvalue weighted by molar-refractivity contribution is 5.30. The SMILES string of the molecule is CCCOC(CNC)c1cccc(OC)c1. The van der Waals surface area contributed by atoms with E-state index in [9.17, 15) is 0 Å². The van der Waals surface area contributed by atoms with Crippen LogP contribution in [-0.4, -0.2) is 27.3 Å². The predicted molar refractivity (Wildman–Crippen MR) is 65.9 cm³/mol. The van der Waals surface area contributed by atoms with Crippen molar-refractivity contribution in [3.05, 3.63) is 29.8 Å². The van der Waals surface area contributed by atoms with Gasteiger partial charge in [-0.05, 0) is 31.2 Å². The molecule has 0 fully saturated rings. The number of methoxy groups -OCH3 is 1. The first-order valence-electron chi connectivity index (χ1n) is 5.72. The quantitative estimate of drug-likeness (QED) is 0.770. The van der Waals surface area contributed by atoms with E-state index in [1.165, 1.54) is 0 Å². The van der Waals surface area contributed by atoms with E-state index in [4.69, 9.17) is 9.47 Å². The molecular formula is C13H21NO2. The van der Waals surface area contributed by atoms with E-state index in [1.54, 1.807) is 7.11 Å². The standard InChI is InChI=1S/C13H21NO2/c1-4-8-16-13(10-14-2)11-6-5-7-12(9-11)15-3/h5-7,9,13-14H,4,8,10H2,1-3H3. The molecule has 0 aliphatic heterocycles. The normalized spacial score (nSPS) is 12.4. The van der Waals surface area contributed by atoms with Crippen molar-refractivity contribution in [1.82, 2.24) is 5.32 Å². The Balaban J connectivity index is 2.73. The van der Waals surface area contributed by atoms with Crippen molar-refractivity contribution in [3.8, 4) is 5.75 Å². The van der Waals surface area contributed by atoms with Crippen molar-refractivity contribution in [1.29, 1.82) is 0 Å². The summed E-state index contributed by atoms with van der Waals surface area (Å²) in [6, 6.07) is 8.03. The summed E-state index contributed by atoms with van der Waals surface area (Å²) < 4.78 is 11.0. The smallest absolute Gasteiger partial charge is 0.119 e. The molecule has 0 bridgehead atoms. The highest BCUT2D eigenvalue weighted by atomic mass is 16.5. The van der Waals surface area contributed by atoms with Crippen molar-refractivity contribution >= 4 is 0 Å². The lowest BCUT2D eigenvalue weighted by molar-refractivity contribution is 0.0542. The van der Waals surface area contributed by atoms with Gasteiger partial charge in [0, 0.05) is 13.2 Å². The van der Waals surface area contributed by atoms with Crippen LogP contribution in [0.1, 0.15) is 25.0 Å². The van der Waals surface area contributed by atoms with E-state index < -0.39 is 0 Å². The molecule has 0 aliphatic rings. The van der Waals surface area contributed by atoms with Crippen LogP contribution in [0, 0.1) is 0 Å². The lowest BCUT2D eigenvalue weighted by atomic mass is 10.1. The second kappa shape index (κ2) is 7.25. The monoisotopic (exact) mass is 223 g/mol. The number of benzene rings is 1. The van der Waals surface area contributed by atoms with Crippen LogP contribution < -0.4 is 10.1 Å². The maximum Gasteiger partial charge on any atom is 0.119 e. The average Bonchev–Trinajstić information content (AvgIpc) is 2.34. The molecule has 0 heterocycles. The first-order valence-corrected chi connectivity index (χ1v) is 5.72. The molecule has 1 N–H and O–H groups in total. The third-order valence-corrected chi connectivity index (χ3v) is 2.38. The van der Waals surface area contributed by atoms with Crippen molar-refractivity contribution in [3.63, 3.8) is 0 Å². The zero-order valence-corrected chi connectivity index (χ0v) is 10.3. The number of hydrogen-bond acceptors (Lipinski definition) is 3. The Bertz CT molecular complexity index is 302. The Morgan fingerprint density at radius 2 is 2.19 bits per heavy atom. The molecule has 3 heteroatoms. The van der Waals surface area contributed by atoms with E-state index in [0.717, 1.165) is 30.9 Å². The fourth-order valence-electron chi connectivity index (χ4n) is 1.56. The molecule has 1 unspecified atom stereocenters. The van der Waals surface area contributed by atoms with E-state index in [-0.39, 0.29) is 6.10 Å².